The van der Waals surface area contributed by atoms with Gasteiger partial charge in [0.1, 0.15) is 0 Å². The number of hydrogen-bond donors (Lipinski definition) is 2. The summed E-state index contributed by atoms with van der Waals surface area (Å²) in [5.74, 6) is -0.555. The van der Waals surface area contributed by atoms with E-state index in [9.17, 15) is 13.2 Å². The van der Waals surface area contributed by atoms with Gasteiger partial charge in [-0.05, 0) is 70.0 Å². The fourth-order valence-corrected chi connectivity index (χ4v) is 4.67. The van der Waals surface area contributed by atoms with Gasteiger partial charge in [0.2, 0.25) is 5.09 Å². The smallest absolute Gasteiger partial charge is 0.291 e. The lowest BCUT2D eigenvalue weighted by molar-refractivity contribution is 0.0991. The highest BCUT2D eigenvalue weighted by molar-refractivity contribution is 7.89. The molecule has 7 nitrogen and oxygen atoms in total. The summed E-state index contributed by atoms with van der Waals surface area (Å²) in [4.78, 5) is 14.8. The van der Waals surface area contributed by atoms with Crippen LogP contribution in [0.4, 0.5) is 11.4 Å². The van der Waals surface area contributed by atoms with Gasteiger partial charge in [-0.2, -0.15) is 0 Å². The largest absolute Gasteiger partial charge is 0.438 e. The number of amides is 1. The fourth-order valence-electron chi connectivity index (χ4n) is 3.32. The third-order valence-electron chi connectivity index (χ3n) is 4.61. The van der Waals surface area contributed by atoms with Crippen LogP contribution in [0.3, 0.4) is 0 Å². The molecule has 1 aliphatic rings. The first kappa shape index (κ1) is 21.4. The number of rotatable bonds is 5. The standard InChI is InChI=1S/C21H29N3O4S/c1-21(2,3)23-29(26,27)19-13-12-18(28-19)20(25)22-16-8-10-17(11-9-16)24-14-6-4-5-7-15-24/h8-13,23H,4-7,14-15H2,1-3H3,(H,22,25). The van der Waals surface area contributed by atoms with Crippen molar-refractivity contribution in [3.05, 3.63) is 42.2 Å². The van der Waals surface area contributed by atoms with Gasteiger partial charge in [0.25, 0.3) is 15.9 Å². The van der Waals surface area contributed by atoms with Gasteiger partial charge in [0.15, 0.2) is 5.76 Å². The maximum absolute atomic E-state index is 12.4. The average molecular weight is 420 g/mol. The van der Waals surface area contributed by atoms with Crippen LogP contribution in [-0.4, -0.2) is 33.0 Å². The van der Waals surface area contributed by atoms with E-state index in [-0.39, 0.29) is 10.9 Å². The van der Waals surface area contributed by atoms with Crippen molar-refractivity contribution < 1.29 is 17.6 Å². The Balaban J connectivity index is 1.65. The molecule has 158 valence electrons. The second-order valence-corrected chi connectivity index (χ2v) is 9.99. The van der Waals surface area contributed by atoms with Crippen LogP contribution in [0.25, 0.3) is 0 Å². The number of anilines is 2. The van der Waals surface area contributed by atoms with Gasteiger partial charge in [-0.15, -0.1) is 0 Å². The van der Waals surface area contributed by atoms with Crippen LogP contribution in [0.5, 0.6) is 0 Å². The average Bonchev–Trinajstić information content (AvgIpc) is 2.99. The molecule has 1 amide bonds. The van der Waals surface area contributed by atoms with Crippen LogP contribution >= 0.6 is 0 Å². The van der Waals surface area contributed by atoms with E-state index in [2.05, 4.69) is 14.9 Å². The highest BCUT2D eigenvalue weighted by Crippen LogP contribution is 2.22. The zero-order valence-corrected chi connectivity index (χ0v) is 18.0. The molecule has 0 bridgehead atoms. The van der Waals surface area contributed by atoms with Gasteiger partial charge in [0, 0.05) is 30.0 Å². The van der Waals surface area contributed by atoms with E-state index in [1.54, 1.807) is 20.8 Å². The van der Waals surface area contributed by atoms with Crippen molar-refractivity contribution >= 4 is 27.3 Å². The Kier molecular flexibility index (Phi) is 6.33. The molecule has 0 atom stereocenters. The Morgan fingerprint density at radius 2 is 1.59 bits per heavy atom. The van der Waals surface area contributed by atoms with Gasteiger partial charge in [-0.3, -0.25) is 4.79 Å². The van der Waals surface area contributed by atoms with Crippen LogP contribution in [0.1, 0.15) is 57.0 Å². The fraction of sp³-hybridized carbons (Fsp3) is 0.476. The van der Waals surface area contributed by atoms with Crippen molar-refractivity contribution in [1.82, 2.24) is 4.72 Å². The lowest BCUT2D eigenvalue weighted by Gasteiger charge is -2.22. The van der Waals surface area contributed by atoms with Crippen molar-refractivity contribution in [3.8, 4) is 0 Å². The molecule has 29 heavy (non-hydrogen) atoms. The SMILES string of the molecule is CC(C)(C)NS(=O)(=O)c1ccc(C(=O)Nc2ccc(N3CCCCCC3)cc2)o1. The summed E-state index contributed by atoms with van der Waals surface area (Å²) < 4.78 is 32.4. The van der Waals surface area contributed by atoms with E-state index >= 15 is 0 Å². The molecule has 2 aromatic rings. The first-order valence-corrected chi connectivity index (χ1v) is 11.4. The highest BCUT2D eigenvalue weighted by Gasteiger charge is 2.26. The summed E-state index contributed by atoms with van der Waals surface area (Å²) in [5, 5.41) is 2.46. The number of sulfonamides is 1. The number of nitrogens with zero attached hydrogens (tertiary/aromatic N) is 1. The molecule has 0 unspecified atom stereocenters. The summed E-state index contributed by atoms with van der Waals surface area (Å²) in [6.07, 6.45) is 4.95. The van der Waals surface area contributed by atoms with E-state index in [0.717, 1.165) is 18.8 Å². The summed E-state index contributed by atoms with van der Waals surface area (Å²) in [6, 6.07) is 10.3. The zero-order chi connectivity index (χ0) is 21.1. The van der Waals surface area contributed by atoms with E-state index in [0.29, 0.717) is 5.69 Å². The van der Waals surface area contributed by atoms with Crippen LogP contribution in [-0.2, 0) is 10.0 Å². The Morgan fingerprint density at radius 3 is 2.17 bits per heavy atom. The molecule has 3 rings (SSSR count). The minimum Gasteiger partial charge on any atom is -0.438 e. The van der Waals surface area contributed by atoms with E-state index in [1.807, 2.05) is 24.3 Å². The predicted octanol–water partition coefficient (Wildman–Crippen LogP) is 3.99. The first-order valence-electron chi connectivity index (χ1n) is 9.94. The van der Waals surface area contributed by atoms with Crippen molar-refractivity contribution in [1.29, 1.82) is 0 Å². The Morgan fingerprint density at radius 1 is 0.966 bits per heavy atom. The molecule has 2 N–H and O–H groups in total. The minimum absolute atomic E-state index is 0.0594. The number of hydrogen-bond acceptors (Lipinski definition) is 5. The zero-order valence-electron chi connectivity index (χ0n) is 17.2. The van der Waals surface area contributed by atoms with E-state index in [4.69, 9.17) is 4.42 Å². The third kappa shape index (κ3) is 5.83. The highest BCUT2D eigenvalue weighted by atomic mass is 32.2. The van der Waals surface area contributed by atoms with Crippen molar-refractivity contribution in [2.75, 3.05) is 23.3 Å². The lowest BCUT2D eigenvalue weighted by atomic mass is 10.1. The Bertz CT molecular complexity index is 935. The summed E-state index contributed by atoms with van der Waals surface area (Å²) in [6.45, 7) is 7.30. The van der Waals surface area contributed by atoms with Gasteiger partial charge >= 0.3 is 0 Å². The Labute approximate surface area is 172 Å². The molecule has 0 aliphatic carbocycles. The van der Waals surface area contributed by atoms with E-state index < -0.39 is 21.5 Å². The molecule has 1 aromatic carbocycles. The van der Waals surface area contributed by atoms with Gasteiger partial charge in [-0.25, -0.2) is 13.1 Å². The molecular weight excluding hydrogens is 390 g/mol. The third-order valence-corrected chi connectivity index (χ3v) is 6.24. The molecule has 0 saturated carbocycles. The number of carbonyl (C=O) groups excluding carboxylic acids is 1. The molecule has 1 aliphatic heterocycles. The van der Waals surface area contributed by atoms with Crippen LogP contribution in [0.2, 0.25) is 0 Å². The normalized spacial score (nSPS) is 15.8. The summed E-state index contributed by atoms with van der Waals surface area (Å²) in [5.41, 5.74) is 1.12. The summed E-state index contributed by atoms with van der Waals surface area (Å²) in [7, 11) is -3.83. The van der Waals surface area contributed by atoms with Crippen LogP contribution in [0, 0.1) is 0 Å². The minimum atomic E-state index is -3.83. The second-order valence-electron chi connectivity index (χ2n) is 8.38. The molecule has 0 radical (unpaired) electrons. The quantitative estimate of drug-likeness (QED) is 0.765. The maximum atomic E-state index is 12.4. The van der Waals surface area contributed by atoms with Crippen molar-refractivity contribution in [3.63, 3.8) is 0 Å². The lowest BCUT2D eigenvalue weighted by Crippen LogP contribution is -2.40. The maximum Gasteiger partial charge on any atom is 0.291 e. The predicted molar refractivity (Wildman–Crippen MR) is 114 cm³/mol. The molecule has 8 heteroatoms. The molecule has 2 heterocycles. The Hall–Kier alpha value is -2.32. The number of nitrogens with one attached hydrogen (secondary N) is 2. The monoisotopic (exact) mass is 419 g/mol. The molecule has 0 spiro atoms. The first-order chi connectivity index (χ1) is 13.6. The van der Waals surface area contributed by atoms with Gasteiger partial charge in [0.05, 0.1) is 0 Å². The van der Waals surface area contributed by atoms with Crippen molar-refractivity contribution in [2.24, 2.45) is 0 Å². The van der Waals surface area contributed by atoms with Crippen molar-refractivity contribution in [2.45, 2.75) is 57.1 Å². The summed E-state index contributed by atoms with van der Waals surface area (Å²) >= 11 is 0. The second kappa shape index (κ2) is 8.59. The van der Waals surface area contributed by atoms with Crippen LogP contribution in [0.15, 0.2) is 45.9 Å². The molecular formula is C21H29N3O4S. The van der Waals surface area contributed by atoms with Gasteiger partial charge < -0.3 is 14.6 Å². The van der Waals surface area contributed by atoms with Crippen LogP contribution < -0.4 is 14.9 Å². The van der Waals surface area contributed by atoms with Gasteiger partial charge in [-0.1, -0.05) is 12.8 Å². The number of carbonyl (C=O) groups is 1. The number of benzene rings is 1. The number of furan rings is 1. The molecule has 1 aromatic heterocycles. The topological polar surface area (TPSA) is 91.6 Å². The van der Waals surface area contributed by atoms with E-state index in [1.165, 1.54) is 37.8 Å². The molecule has 1 fully saturated rings. The molecule has 1 saturated heterocycles.